The van der Waals surface area contributed by atoms with Gasteiger partial charge in [0.2, 0.25) is 0 Å². The summed E-state index contributed by atoms with van der Waals surface area (Å²) >= 11 is 1.49. The van der Waals surface area contributed by atoms with Crippen LogP contribution < -0.4 is 5.32 Å². The van der Waals surface area contributed by atoms with E-state index in [9.17, 15) is 14.7 Å². The SMILES string of the molecule is Cn1ncc(CNC(=O)c2c(C3CC3)nc3sccn23)c1C(=O)O. The third kappa shape index (κ3) is 2.37. The maximum Gasteiger partial charge on any atom is 0.354 e. The van der Waals surface area contributed by atoms with Crippen molar-refractivity contribution in [3.05, 3.63) is 40.4 Å². The van der Waals surface area contributed by atoms with Crippen molar-refractivity contribution in [3.63, 3.8) is 0 Å². The third-order valence-electron chi connectivity index (χ3n) is 4.12. The van der Waals surface area contributed by atoms with Gasteiger partial charge in [-0.25, -0.2) is 9.78 Å². The zero-order valence-electron chi connectivity index (χ0n) is 12.9. The van der Waals surface area contributed by atoms with Gasteiger partial charge >= 0.3 is 5.97 Å². The molecule has 3 heterocycles. The fraction of sp³-hybridized carbons (Fsp3) is 0.333. The minimum absolute atomic E-state index is 0.0756. The van der Waals surface area contributed by atoms with E-state index >= 15 is 0 Å². The molecule has 2 N–H and O–H groups in total. The Hall–Kier alpha value is -2.68. The van der Waals surface area contributed by atoms with Crippen LogP contribution in [0.1, 0.15) is 51.0 Å². The quantitative estimate of drug-likeness (QED) is 0.732. The van der Waals surface area contributed by atoms with Crippen molar-refractivity contribution in [2.45, 2.75) is 25.3 Å². The second-order valence-electron chi connectivity index (χ2n) is 5.81. The Kier molecular flexibility index (Phi) is 3.38. The molecule has 1 aliphatic rings. The maximum absolute atomic E-state index is 12.7. The van der Waals surface area contributed by atoms with Crippen LogP contribution in [0.25, 0.3) is 4.96 Å². The Balaban J connectivity index is 1.60. The van der Waals surface area contributed by atoms with Crippen LogP contribution in [0.2, 0.25) is 0 Å². The standard InChI is InChI=1S/C15H15N5O3S/c1-19-11(14(22)23)9(7-17-19)6-16-13(21)12-10(8-2-3-8)18-15-20(12)4-5-24-15/h4-5,7-8H,2-3,6H2,1H3,(H,16,21)(H,22,23). The first-order valence-electron chi connectivity index (χ1n) is 7.54. The fourth-order valence-corrected chi connectivity index (χ4v) is 3.54. The smallest absolute Gasteiger partial charge is 0.354 e. The Morgan fingerprint density at radius 3 is 2.92 bits per heavy atom. The number of nitrogens with one attached hydrogen (secondary N) is 1. The van der Waals surface area contributed by atoms with E-state index in [1.54, 1.807) is 11.4 Å². The molecule has 4 rings (SSSR count). The van der Waals surface area contributed by atoms with Crippen LogP contribution in [0.4, 0.5) is 0 Å². The number of imidazole rings is 1. The Morgan fingerprint density at radius 1 is 1.42 bits per heavy atom. The summed E-state index contributed by atoms with van der Waals surface area (Å²) in [5.74, 6) is -0.962. The summed E-state index contributed by atoms with van der Waals surface area (Å²) in [6, 6.07) is 0. The minimum atomic E-state index is -1.07. The van der Waals surface area contributed by atoms with Gasteiger partial charge < -0.3 is 10.4 Å². The number of fused-ring (bicyclic) bond motifs is 1. The Bertz CT molecular complexity index is 950. The number of amides is 1. The summed E-state index contributed by atoms with van der Waals surface area (Å²) in [7, 11) is 1.56. The molecule has 9 heteroatoms. The van der Waals surface area contributed by atoms with Crippen molar-refractivity contribution in [1.29, 1.82) is 0 Å². The summed E-state index contributed by atoms with van der Waals surface area (Å²) in [6.45, 7) is 0.107. The first-order valence-corrected chi connectivity index (χ1v) is 8.42. The normalized spacial score (nSPS) is 14.2. The maximum atomic E-state index is 12.7. The summed E-state index contributed by atoms with van der Waals surface area (Å²) in [5.41, 5.74) is 1.93. The molecular formula is C15H15N5O3S. The number of carbonyl (C=O) groups excluding carboxylic acids is 1. The number of aromatic carboxylic acids is 1. The predicted octanol–water partition coefficient (Wildman–Crippen LogP) is 1.63. The molecule has 0 aromatic carbocycles. The molecule has 124 valence electrons. The first-order chi connectivity index (χ1) is 11.6. The predicted molar refractivity (Wildman–Crippen MR) is 86.4 cm³/mol. The lowest BCUT2D eigenvalue weighted by atomic mass is 10.2. The monoisotopic (exact) mass is 345 g/mol. The molecule has 8 nitrogen and oxygen atoms in total. The van der Waals surface area contributed by atoms with Gasteiger partial charge in [-0.15, -0.1) is 11.3 Å². The molecule has 0 radical (unpaired) electrons. The highest BCUT2D eigenvalue weighted by Crippen LogP contribution is 2.41. The van der Waals surface area contributed by atoms with Crippen molar-refractivity contribution in [2.75, 3.05) is 0 Å². The molecule has 1 fully saturated rings. The van der Waals surface area contributed by atoms with Gasteiger partial charge in [0, 0.05) is 36.7 Å². The second-order valence-corrected chi connectivity index (χ2v) is 6.68. The lowest BCUT2D eigenvalue weighted by Gasteiger charge is -2.06. The molecular weight excluding hydrogens is 330 g/mol. The van der Waals surface area contributed by atoms with Gasteiger partial charge in [0.15, 0.2) is 10.7 Å². The van der Waals surface area contributed by atoms with Crippen LogP contribution in [0.3, 0.4) is 0 Å². The summed E-state index contributed by atoms with van der Waals surface area (Å²) in [4.78, 5) is 29.3. The average molecular weight is 345 g/mol. The lowest BCUT2D eigenvalue weighted by molar-refractivity contribution is 0.0682. The highest BCUT2D eigenvalue weighted by atomic mass is 32.1. The van der Waals surface area contributed by atoms with Gasteiger partial charge in [-0.3, -0.25) is 13.9 Å². The molecule has 3 aromatic heterocycles. The molecule has 1 amide bonds. The third-order valence-corrected chi connectivity index (χ3v) is 4.88. The Labute approximate surface area is 140 Å². The van der Waals surface area contributed by atoms with Crippen LogP contribution in [0.15, 0.2) is 17.8 Å². The van der Waals surface area contributed by atoms with Gasteiger partial charge in [0.05, 0.1) is 11.9 Å². The van der Waals surface area contributed by atoms with Crippen LogP contribution in [-0.4, -0.2) is 36.1 Å². The van der Waals surface area contributed by atoms with Crippen molar-refractivity contribution >= 4 is 28.2 Å². The highest BCUT2D eigenvalue weighted by Gasteiger charge is 2.33. The van der Waals surface area contributed by atoms with Crippen molar-refractivity contribution in [3.8, 4) is 0 Å². The van der Waals surface area contributed by atoms with Gasteiger partial charge in [0.1, 0.15) is 5.69 Å². The van der Waals surface area contributed by atoms with E-state index in [-0.39, 0.29) is 18.1 Å². The van der Waals surface area contributed by atoms with E-state index < -0.39 is 5.97 Å². The van der Waals surface area contributed by atoms with Crippen LogP contribution in [0.5, 0.6) is 0 Å². The van der Waals surface area contributed by atoms with E-state index in [2.05, 4.69) is 15.4 Å². The van der Waals surface area contributed by atoms with E-state index in [4.69, 9.17) is 0 Å². The average Bonchev–Trinajstić information content (AvgIpc) is 3.00. The summed E-state index contributed by atoms with van der Waals surface area (Å²) < 4.78 is 3.09. The topological polar surface area (TPSA) is 102 Å². The largest absolute Gasteiger partial charge is 0.477 e. The molecule has 0 aliphatic heterocycles. The molecule has 0 unspecified atom stereocenters. The zero-order chi connectivity index (χ0) is 16.8. The Morgan fingerprint density at radius 2 is 2.21 bits per heavy atom. The minimum Gasteiger partial charge on any atom is -0.477 e. The van der Waals surface area contributed by atoms with Crippen molar-refractivity contribution in [1.82, 2.24) is 24.5 Å². The number of rotatable bonds is 5. The number of hydrogen-bond donors (Lipinski definition) is 2. The van der Waals surface area contributed by atoms with E-state index in [0.29, 0.717) is 17.2 Å². The van der Waals surface area contributed by atoms with Gasteiger partial charge in [0.25, 0.3) is 5.91 Å². The highest BCUT2D eigenvalue weighted by molar-refractivity contribution is 7.15. The van der Waals surface area contributed by atoms with E-state index in [1.165, 1.54) is 22.2 Å². The van der Waals surface area contributed by atoms with Gasteiger partial charge in [-0.05, 0) is 12.8 Å². The van der Waals surface area contributed by atoms with Crippen molar-refractivity contribution in [2.24, 2.45) is 7.05 Å². The van der Waals surface area contributed by atoms with E-state index in [1.807, 2.05) is 11.6 Å². The number of aryl methyl sites for hydroxylation is 1. The van der Waals surface area contributed by atoms with Crippen LogP contribution >= 0.6 is 11.3 Å². The first kappa shape index (κ1) is 14.9. The zero-order valence-corrected chi connectivity index (χ0v) is 13.7. The van der Waals surface area contributed by atoms with E-state index in [0.717, 1.165) is 23.5 Å². The van der Waals surface area contributed by atoms with Gasteiger partial charge in [-0.2, -0.15) is 5.10 Å². The summed E-state index contributed by atoms with van der Waals surface area (Å²) in [5, 5.41) is 17.9. The number of nitrogens with zero attached hydrogens (tertiary/aromatic N) is 4. The molecule has 1 saturated carbocycles. The molecule has 0 spiro atoms. The molecule has 3 aromatic rings. The van der Waals surface area contributed by atoms with Crippen LogP contribution in [-0.2, 0) is 13.6 Å². The van der Waals surface area contributed by atoms with Crippen LogP contribution in [0, 0.1) is 0 Å². The number of carbonyl (C=O) groups is 2. The molecule has 24 heavy (non-hydrogen) atoms. The lowest BCUT2D eigenvalue weighted by Crippen LogP contribution is -2.26. The number of thiazole rings is 1. The van der Waals surface area contributed by atoms with Crippen molar-refractivity contribution < 1.29 is 14.7 Å². The number of hydrogen-bond acceptors (Lipinski definition) is 5. The number of carboxylic acids is 1. The van der Waals surface area contributed by atoms with Gasteiger partial charge in [-0.1, -0.05) is 0 Å². The second kappa shape index (κ2) is 5.45. The number of carboxylic acid groups (broad SMARTS) is 1. The molecule has 0 atom stereocenters. The molecule has 1 aliphatic carbocycles. The summed E-state index contributed by atoms with van der Waals surface area (Å²) in [6.07, 6.45) is 5.40. The molecule has 0 saturated heterocycles. The number of aromatic nitrogens is 4. The molecule has 0 bridgehead atoms. The fourth-order valence-electron chi connectivity index (χ4n) is 2.82.